The Labute approximate surface area is 244 Å². The van der Waals surface area contributed by atoms with E-state index < -0.39 is 16.1 Å². The number of anilines is 1. The summed E-state index contributed by atoms with van der Waals surface area (Å²) >= 11 is 7.85. The van der Waals surface area contributed by atoms with Crippen molar-refractivity contribution in [3.05, 3.63) is 68.9 Å². The fourth-order valence-electron chi connectivity index (χ4n) is 4.24. The third-order valence-electron chi connectivity index (χ3n) is 6.50. The molecule has 0 spiro atoms. The number of rotatable bonds is 8. The maximum atomic E-state index is 13.4. The number of nitrogens with zero attached hydrogens (tertiary/aromatic N) is 5. The van der Waals surface area contributed by atoms with Crippen molar-refractivity contribution in [2.75, 3.05) is 5.32 Å². The Balaban J connectivity index is 1.43. The number of carbonyl (C=O) groups is 2. The first-order valence-corrected chi connectivity index (χ1v) is 15.0. The van der Waals surface area contributed by atoms with Crippen LogP contribution in [0.3, 0.4) is 0 Å². The summed E-state index contributed by atoms with van der Waals surface area (Å²) in [7, 11) is -2.52. The van der Waals surface area contributed by atoms with Crippen molar-refractivity contribution in [3.63, 3.8) is 0 Å². The van der Waals surface area contributed by atoms with Gasteiger partial charge < -0.3 is 14.7 Å². The molecule has 204 valence electrons. The molecule has 2 aliphatic rings. The zero-order chi connectivity index (χ0) is 27.9. The van der Waals surface area contributed by atoms with Gasteiger partial charge in [0.15, 0.2) is 5.11 Å². The maximum absolute atomic E-state index is 13.4. The van der Waals surface area contributed by atoms with E-state index in [0.29, 0.717) is 11.4 Å². The van der Waals surface area contributed by atoms with Crippen LogP contribution in [0.4, 0.5) is 5.69 Å². The molecule has 1 N–H and O–H groups in total. The van der Waals surface area contributed by atoms with E-state index in [-0.39, 0.29) is 46.4 Å². The van der Waals surface area contributed by atoms with Gasteiger partial charge in [0.25, 0.3) is 27.2 Å². The van der Waals surface area contributed by atoms with Gasteiger partial charge in [-0.2, -0.15) is 8.42 Å². The predicted molar refractivity (Wildman–Crippen MR) is 151 cm³/mol. The molecule has 14 heteroatoms. The molecule has 3 aromatic rings. The van der Waals surface area contributed by atoms with Gasteiger partial charge in [-0.1, -0.05) is 17.7 Å². The van der Waals surface area contributed by atoms with E-state index in [1.807, 2.05) is 19.1 Å². The molecule has 2 aromatic carbocycles. The lowest BCUT2D eigenvalue weighted by Gasteiger charge is -2.22. The van der Waals surface area contributed by atoms with Crippen molar-refractivity contribution >= 4 is 67.4 Å². The summed E-state index contributed by atoms with van der Waals surface area (Å²) < 4.78 is 37.4. The molecule has 5 rings (SSSR count). The van der Waals surface area contributed by atoms with Gasteiger partial charge in [-0.3, -0.25) is 19.8 Å². The van der Waals surface area contributed by atoms with Crippen molar-refractivity contribution in [1.82, 2.24) is 15.1 Å². The summed E-state index contributed by atoms with van der Waals surface area (Å²) in [5.74, 6) is -0.605. The van der Waals surface area contributed by atoms with Gasteiger partial charge in [0, 0.05) is 15.3 Å². The molecule has 39 heavy (non-hydrogen) atoms. The van der Waals surface area contributed by atoms with Crippen molar-refractivity contribution < 1.29 is 27.2 Å². The summed E-state index contributed by atoms with van der Waals surface area (Å²) in [6.07, 6.45) is 1.52. The van der Waals surface area contributed by atoms with Crippen LogP contribution in [0.2, 0.25) is 0 Å². The molecule has 2 heterocycles. The number of benzene rings is 2. The summed E-state index contributed by atoms with van der Waals surface area (Å²) in [6, 6.07) is 12.7. The second kappa shape index (κ2) is 10.8. The lowest BCUT2D eigenvalue weighted by Crippen LogP contribution is -2.45. The molecule has 2 fully saturated rings. The second-order valence-corrected chi connectivity index (χ2v) is 12.7. The summed E-state index contributed by atoms with van der Waals surface area (Å²) in [5.41, 5.74) is 1.60. The maximum Gasteiger partial charge on any atom is 0.289 e. The number of halogens is 1. The van der Waals surface area contributed by atoms with Crippen LogP contribution in [0.5, 0.6) is 0 Å². The van der Waals surface area contributed by atoms with Crippen molar-refractivity contribution in [1.29, 1.82) is 0 Å². The minimum absolute atomic E-state index is 0.000873. The molecule has 1 aliphatic heterocycles. The van der Waals surface area contributed by atoms with Crippen LogP contribution >= 0.6 is 34.8 Å². The standard InChI is InChI=1S/C25H25IN6O5S2/c1-15-3-11-19(12-4-15)39(35,36)28-23-21(30(2)29-37-23)14-31-20(24(34)32(25(31)38)18-9-10-18)13-22(33)27-17-7-5-16(26)6-8-17/h3-8,11-12,18,20H,9-10,13-14H2,1-2H3,(H,27,33)/b28-23-. The number of amides is 2. The van der Waals surface area contributed by atoms with E-state index in [9.17, 15) is 18.0 Å². The number of hydrogen-bond acceptors (Lipinski definition) is 6. The molecule has 0 radical (unpaired) electrons. The van der Waals surface area contributed by atoms with Crippen LogP contribution in [0.1, 0.15) is 30.5 Å². The van der Waals surface area contributed by atoms with Gasteiger partial charge in [0.1, 0.15) is 19.6 Å². The van der Waals surface area contributed by atoms with Crippen LogP contribution in [-0.4, -0.2) is 47.2 Å². The monoisotopic (exact) mass is 680 g/mol. The molecule has 0 bridgehead atoms. The molecule has 2 amide bonds. The summed E-state index contributed by atoms with van der Waals surface area (Å²) in [5, 5.41) is 6.96. The normalized spacial score (nSPS) is 18.2. The largest absolute Gasteiger partial charge is 0.486 e. The van der Waals surface area contributed by atoms with E-state index in [2.05, 4.69) is 37.6 Å². The topological polar surface area (TPSA) is 130 Å². The van der Waals surface area contributed by atoms with Crippen LogP contribution in [0, 0.1) is 10.5 Å². The Bertz CT molecular complexity index is 1610. The van der Waals surface area contributed by atoms with Crippen molar-refractivity contribution in [3.8, 4) is 0 Å². The molecular formula is C25H25IN6O5S2. The average molecular weight is 681 g/mol. The zero-order valence-corrected chi connectivity index (χ0v) is 24.9. The van der Waals surface area contributed by atoms with E-state index >= 15 is 0 Å². The van der Waals surface area contributed by atoms with E-state index in [0.717, 1.165) is 22.0 Å². The number of nitrogens with one attached hydrogen (secondary N) is 1. The first-order valence-electron chi connectivity index (χ1n) is 12.1. The lowest BCUT2D eigenvalue weighted by atomic mass is 10.1. The second-order valence-electron chi connectivity index (χ2n) is 9.45. The first kappa shape index (κ1) is 27.5. The van der Waals surface area contributed by atoms with Crippen LogP contribution in [-0.2, 0) is 33.2 Å². The fraction of sp³-hybridized carbons (Fsp3) is 0.320. The summed E-state index contributed by atoms with van der Waals surface area (Å²) in [6.45, 7) is 1.82. The SMILES string of the molecule is Cc1ccc(S(=O)(=O)/N=c2\o[n-][n+](C)c2CN2C(=S)N(C3CC3)C(=O)C2CC(=O)Nc2ccc(I)cc2)cc1. The molecule has 1 aliphatic carbocycles. The Morgan fingerprint density at radius 2 is 1.87 bits per heavy atom. The highest BCUT2D eigenvalue weighted by atomic mass is 127. The molecule has 1 saturated heterocycles. The molecular weight excluding hydrogens is 655 g/mol. The first-order chi connectivity index (χ1) is 18.5. The third-order valence-corrected chi connectivity index (χ3v) is 8.92. The average Bonchev–Trinajstić information content (AvgIpc) is 3.62. The van der Waals surface area contributed by atoms with Crippen LogP contribution in [0.15, 0.2) is 62.3 Å². The van der Waals surface area contributed by atoms with Gasteiger partial charge in [0.05, 0.1) is 11.3 Å². The molecule has 1 atom stereocenters. The van der Waals surface area contributed by atoms with E-state index in [1.165, 1.54) is 16.8 Å². The van der Waals surface area contributed by atoms with E-state index in [4.69, 9.17) is 16.7 Å². The van der Waals surface area contributed by atoms with Gasteiger partial charge in [-0.05, 0) is 91.0 Å². The van der Waals surface area contributed by atoms with Crippen molar-refractivity contribution in [2.24, 2.45) is 11.4 Å². The van der Waals surface area contributed by atoms with Gasteiger partial charge in [-0.15, -0.1) is 4.40 Å². The number of sulfonamides is 1. The fourth-order valence-corrected chi connectivity index (χ4v) is 5.97. The van der Waals surface area contributed by atoms with Gasteiger partial charge in [0.2, 0.25) is 5.91 Å². The third kappa shape index (κ3) is 5.91. The molecule has 1 unspecified atom stereocenters. The molecule has 1 saturated carbocycles. The highest BCUT2D eigenvalue weighted by Crippen LogP contribution is 2.34. The quantitative estimate of drug-likeness (QED) is 0.217. The van der Waals surface area contributed by atoms with Gasteiger partial charge in [-0.25, -0.2) is 4.68 Å². The number of aromatic nitrogens is 2. The highest BCUT2D eigenvalue weighted by molar-refractivity contribution is 14.1. The number of carbonyl (C=O) groups excluding carboxylic acids is 2. The minimum atomic E-state index is -4.10. The molecule has 11 nitrogen and oxygen atoms in total. The number of aryl methyl sites for hydroxylation is 2. The Kier molecular flexibility index (Phi) is 7.61. The summed E-state index contributed by atoms with van der Waals surface area (Å²) in [4.78, 5) is 29.6. The Morgan fingerprint density at radius 1 is 1.21 bits per heavy atom. The zero-order valence-electron chi connectivity index (χ0n) is 21.1. The lowest BCUT2D eigenvalue weighted by molar-refractivity contribution is -0.752. The van der Waals surface area contributed by atoms with Gasteiger partial charge >= 0.3 is 0 Å². The van der Waals surface area contributed by atoms with Crippen LogP contribution < -0.4 is 20.8 Å². The highest BCUT2D eigenvalue weighted by Gasteiger charge is 2.49. The smallest absolute Gasteiger partial charge is 0.289 e. The molecule has 1 aromatic heterocycles. The Hall–Kier alpha value is -3.11. The van der Waals surface area contributed by atoms with E-state index in [1.54, 1.807) is 41.1 Å². The van der Waals surface area contributed by atoms with Crippen LogP contribution in [0.25, 0.3) is 0 Å². The van der Waals surface area contributed by atoms with Crippen molar-refractivity contribution in [2.45, 2.75) is 49.7 Å². The Morgan fingerprint density at radius 3 is 2.51 bits per heavy atom. The number of hydrogen-bond donors (Lipinski definition) is 1. The number of thiocarbonyl (C=S) groups is 1. The predicted octanol–water partition coefficient (Wildman–Crippen LogP) is 1.75. The minimum Gasteiger partial charge on any atom is -0.486 e.